The average molecular weight is 564 g/mol. The third kappa shape index (κ3) is 7.01. The second-order valence-corrected chi connectivity index (χ2v) is 11.2. The molecule has 0 aliphatic rings. The molecule has 1 unspecified atom stereocenters. The van der Waals surface area contributed by atoms with Crippen molar-refractivity contribution in [1.29, 1.82) is 5.26 Å². The Labute approximate surface area is 234 Å². The minimum Gasteiger partial charge on any atom is -0.493 e. The number of benzene rings is 2. The van der Waals surface area contributed by atoms with Crippen molar-refractivity contribution in [2.75, 3.05) is 4.72 Å². The highest BCUT2D eigenvalue weighted by Crippen LogP contribution is 2.33. The van der Waals surface area contributed by atoms with Crippen molar-refractivity contribution >= 4 is 32.9 Å². The van der Waals surface area contributed by atoms with Gasteiger partial charge >= 0.3 is 0 Å². The summed E-state index contributed by atoms with van der Waals surface area (Å²) in [5, 5.41) is 28.8. The Morgan fingerprint density at radius 3 is 2.30 bits per heavy atom. The predicted octanol–water partition coefficient (Wildman–Crippen LogP) is 6.37. The van der Waals surface area contributed by atoms with Crippen LogP contribution in [0.5, 0.6) is 5.88 Å². The second-order valence-electron chi connectivity index (χ2n) is 9.55. The average Bonchev–Trinajstić information content (AvgIpc) is 2.93. The Balaban J connectivity index is 1.87. The number of carbonyl (C=O) groups is 1. The molecule has 3 aromatic rings. The van der Waals surface area contributed by atoms with E-state index >= 15 is 0 Å². The zero-order valence-electron chi connectivity index (χ0n) is 23.0. The van der Waals surface area contributed by atoms with E-state index in [0.717, 1.165) is 25.7 Å². The number of anilines is 1. The van der Waals surface area contributed by atoms with Gasteiger partial charge in [0.15, 0.2) is 11.5 Å². The van der Waals surface area contributed by atoms with Gasteiger partial charge in [-0.05, 0) is 74.7 Å². The first kappa shape index (κ1) is 30.2. The summed E-state index contributed by atoms with van der Waals surface area (Å²) in [7, 11) is -3.91. The fraction of sp³-hybridized carbons (Fsp3) is 0.345. The van der Waals surface area contributed by atoms with E-state index in [1.54, 1.807) is 0 Å². The molecule has 0 saturated carbocycles. The summed E-state index contributed by atoms with van der Waals surface area (Å²) < 4.78 is 29.2. The Morgan fingerprint density at radius 2 is 1.75 bits per heavy atom. The van der Waals surface area contributed by atoms with Gasteiger partial charge < -0.3 is 5.11 Å². The summed E-state index contributed by atoms with van der Waals surface area (Å²) in [6, 6.07) is 13.6. The van der Waals surface area contributed by atoms with Crippen LogP contribution in [-0.2, 0) is 16.6 Å². The first-order valence-corrected chi connectivity index (χ1v) is 14.5. The molecule has 210 valence electrons. The zero-order valence-corrected chi connectivity index (χ0v) is 23.8. The molecule has 0 bridgehead atoms. The van der Waals surface area contributed by atoms with Gasteiger partial charge in [0.1, 0.15) is 11.6 Å². The minimum absolute atomic E-state index is 0.00821. The van der Waals surface area contributed by atoms with Crippen molar-refractivity contribution in [2.45, 2.75) is 64.8 Å². The molecule has 2 aromatic carbocycles. The smallest absolute Gasteiger partial charge is 0.271 e. The molecule has 2 N–H and O–H groups in total. The normalized spacial score (nSPS) is 12.3. The van der Waals surface area contributed by atoms with Crippen molar-refractivity contribution in [2.24, 2.45) is 16.1 Å². The molecule has 3 rings (SSSR count). The van der Waals surface area contributed by atoms with Crippen LogP contribution in [0.4, 0.5) is 17.1 Å². The number of hydrogen-bond acceptors (Lipinski definition) is 8. The van der Waals surface area contributed by atoms with Gasteiger partial charge in [0.25, 0.3) is 15.6 Å². The first-order valence-electron chi connectivity index (χ1n) is 13.0. The standard InChI is InChI=1S/C29H33N5O5S/c1-5-7-8-21(6-2)18-34-28(36)26(17-30)19(3)27(29(34)37)32-31-23-13-15-25(16-14-23)40(38,39)33-24-11-9-22(10-12-24)20(4)35/h9-16,21,33,37H,5-8,18H2,1-4H3/b32-31+. The fourth-order valence-corrected chi connectivity index (χ4v) is 5.25. The van der Waals surface area contributed by atoms with Crippen LogP contribution in [0.3, 0.4) is 0 Å². The number of ketones is 1. The van der Waals surface area contributed by atoms with Crippen molar-refractivity contribution in [3.8, 4) is 11.9 Å². The number of hydrogen-bond donors (Lipinski definition) is 2. The lowest BCUT2D eigenvalue weighted by Crippen LogP contribution is -2.27. The topological polar surface area (TPSA) is 154 Å². The van der Waals surface area contributed by atoms with Crippen LogP contribution in [0.25, 0.3) is 0 Å². The summed E-state index contributed by atoms with van der Waals surface area (Å²) in [4.78, 5) is 24.3. The van der Waals surface area contributed by atoms with Crippen molar-refractivity contribution < 1.29 is 18.3 Å². The van der Waals surface area contributed by atoms with Crippen LogP contribution >= 0.6 is 0 Å². The molecular formula is C29H33N5O5S. The summed E-state index contributed by atoms with van der Waals surface area (Å²) >= 11 is 0. The lowest BCUT2D eigenvalue weighted by atomic mass is 9.99. The number of nitrogens with zero attached hydrogens (tertiary/aromatic N) is 4. The quantitative estimate of drug-likeness (QED) is 0.193. The number of nitrogens with one attached hydrogen (secondary N) is 1. The Hall–Kier alpha value is -4.30. The molecule has 0 aliphatic heterocycles. The van der Waals surface area contributed by atoms with Crippen LogP contribution in [0, 0.1) is 24.2 Å². The van der Waals surface area contributed by atoms with Crippen molar-refractivity contribution in [1.82, 2.24) is 4.57 Å². The molecule has 1 heterocycles. The molecule has 1 aromatic heterocycles. The van der Waals surface area contributed by atoms with Crippen LogP contribution in [0.1, 0.15) is 67.9 Å². The molecule has 0 amide bonds. The first-order chi connectivity index (χ1) is 19.0. The maximum absolute atomic E-state index is 12.9. The van der Waals surface area contributed by atoms with E-state index < -0.39 is 15.6 Å². The number of rotatable bonds is 12. The summed E-state index contributed by atoms with van der Waals surface area (Å²) in [5.41, 5.74) is 0.625. The Morgan fingerprint density at radius 1 is 1.10 bits per heavy atom. The van der Waals surface area contributed by atoms with E-state index in [1.807, 2.05) is 13.0 Å². The van der Waals surface area contributed by atoms with Crippen molar-refractivity contribution in [3.05, 3.63) is 75.6 Å². The zero-order chi connectivity index (χ0) is 29.4. The van der Waals surface area contributed by atoms with Crippen molar-refractivity contribution in [3.63, 3.8) is 0 Å². The van der Waals surface area contributed by atoms with Gasteiger partial charge in [0.05, 0.1) is 10.6 Å². The van der Waals surface area contributed by atoms with Gasteiger partial charge in [-0.25, -0.2) is 8.42 Å². The minimum atomic E-state index is -3.91. The molecule has 11 heteroatoms. The third-order valence-corrected chi connectivity index (χ3v) is 8.11. The second kappa shape index (κ2) is 13.2. The molecule has 0 saturated heterocycles. The molecule has 0 aliphatic carbocycles. The van der Waals surface area contributed by atoms with Gasteiger partial charge in [-0.15, -0.1) is 5.11 Å². The molecule has 40 heavy (non-hydrogen) atoms. The number of pyridine rings is 1. The highest BCUT2D eigenvalue weighted by atomic mass is 32.2. The number of sulfonamides is 1. The maximum Gasteiger partial charge on any atom is 0.271 e. The number of azo groups is 1. The number of aromatic hydroxyl groups is 1. The molecule has 10 nitrogen and oxygen atoms in total. The summed E-state index contributed by atoms with van der Waals surface area (Å²) in [6.07, 6.45) is 3.70. The summed E-state index contributed by atoms with van der Waals surface area (Å²) in [6.45, 7) is 7.32. The highest BCUT2D eigenvalue weighted by molar-refractivity contribution is 7.92. The van der Waals surface area contributed by atoms with Crippen LogP contribution in [-0.4, -0.2) is 23.9 Å². The number of nitriles is 1. The van der Waals surface area contributed by atoms with Gasteiger partial charge in [-0.2, -0.15) is 10.4 Å². The van der Waals surface area contributed by atoms with Crippen LogP contribution < -0.4 is 10.3 Å². The van der Waals surface area contributed by atoms with E-state index in [2.05, 4.69) is 21.9 Å². The monoisotopic (exact) mass is 563 g/mol. The molecule has 1 atom stereocenters. The molecular weight excluding hydrogens is 530 g/mol. The number of Topliss-reactive ketones (excluding diaryl/α,β-unsaturated/α-hetero) is 1. The van der Waals surface area contributed by atoms with E-state index in [-0.39, 0.29) is 45.8 Å². The van der Waals surface area contributed by atoms with E-state index in [0.29, 0.717) is 16.9 Å². The summed E-state index contributed by atoms with van der Waals surface area (Å²) in [5.74, 6) is -0.334. The van der Waals surface area contributed by atoms with Gasteiger partial charge in [0, 0.05) is 23.4 Å². The van der Waals surface area contributed by atoms with E-state index in [9.17, 15) is 28.4 Å². The molecule has 0 fully saturated rings. The van der Waals surface area contributed by atoms with Crippen LogP contribution in [0.2, 0.25) is 0 Å². The lowest BCUT2D eigenvalue weighted by Gasteiger charge is -2.19. The number of aromatic nitrogens is 1. The predicted molar refractivity (Wildman–Crippen MR) is 153 cm³/mol. The largest absolute Gasteiger partial charge is 0.493 e. The SMILES string of the molecule is CCCCC(CC)Cn1c(O)c(/N=N/c2ccc(S(=O)(=O)Nc3ccc(C(C)=O)cc3)cc2)c(C)c(C#N)c1=O. The third-order valence-electron chi connectivity index (χ3n) is 6.71. The molecule has 0 radical (unpaired) electrons. The Kier molecular flexibility index (Phi) is 9.96. The number of carbonyl (C=O) groups excluding carboxylic acids is 1. The maximum atomic E-state index is 12.9. The molecule has 0 spiro atoms. The van der Waals surface area contributed by atoms with Gasteiger partial charge in [-0.3, -0.25) is 18.9 Å². The highest BCUT2D eigenvalue weighted by Gasteiger charge is 2.21. The fourth-order valence-electron chi connectivity index (χ4n) is 4.19. The van der Waals surface area contributed by atoms with E-state index in [4.69, 9.17) is 0 Å². The Bertz CT molecular complexity index is 1600. The van der Waals surface area contributed by atoms with Gasteiger partial charge in [0.2, 0.25) is 5.88 Å². The van der Waals surface area contributed by atoms with Crippen LogP contribution in [0.15, 0.2) is 68.4 Å². The van der Waals surface area contributed by atoms with E-state index in [1.165, 1.54) is 66.9 Å². The van der Waals surface area contributed by atoms with Gasteiger partial charge in [-0.1, -0.05) is 33.1 Å². The number of unbranched alkanes of at least 4 members (excludes halogenated alkanes) is 1. The lowest BCUT2D eigenvalue weighted by molar-refractivity contribution is 0.101.